The predicted molar refractivity (Wildman–Crippen MR) is 112 cm³/mol. The van der Waals surface area contributed by atoms with Gasteiger partial charge in [-0.3, -0.25) is 9.69 Å². The van der Waals surface area contributed by atoms with Crippen LogP contribution in [0.3, 0.4) is 0 Å². The summed E-state index contributed by atoms with van der Waals surface area (Å²) in [4.78, 5) is 27.1. The van der Waals surface area contributed by atoms with Crippen LogP contribution in [0.5, 0.6) is 0 Å². The molecule has 1 heterocycles. The highest BCUT2D eigenvalue weighted by Gasteiger charge is 2.20. The number of aryl methyl sites for hydroxylation is 2. The molecule has 0 bridgehead atoms. The van der Waals surface area contributed by atoms with Gasteiger partial charge in [0.05, 0.1) is 18.8 Å². The van der Waals surface area contributed by atoms with E-state index < -0.39 is 12.1 Å². The second-order valence-corrected chi connectivity index (χ2v) is 7.44. The van der Waals surface area contributed by atoms with Crippen LogP contribution in [0.2, 0.25) is 0 Å². The molecule has 6 nitrogen and oxygen atoms in total. The minimum atomic E-state index is -0.893. The van der Waals surface area contributed by atoms with E-state index >= 15 is 0 Å². The van der Waals surface area contributed by atoms with Gasteiger partial charge in [0.25, 0.3) is 5.91 Å². The Kier molecular flexibility index (Phi) is 7.01. The average molecular weight is 396 g/mol. The number of benzene rings is 2. The largest absolute Gasteiger partial charge is 0.449 e. The maximum atomic E-state index is 12.4. The van der Waals surface area contributed by atoms with E-state index in [2.05, 4.69) is 10.2 Å². The quantitative estimate of drug-likeness (QED) is 0.759. The predicted octanol–water partition coefficient (Wildman–Crippen LogP) is 3.32. The number of hydrogen-bond donors (Lipinski definition) is 1. The summed E-state index contributed by atoms with van der Waals surface area (Å²) in [5.41, 5.74) is 4.29. The van der Waals surface area contributed by atoms with Crippen LogP contribution in [0.15, 0.2) is 42.5 Å². The van der Waals surface area contributed by atoms with E-state index in [4.69, 9.17) is 9.47 Å². The average Bonchev–Trinajstić information content (AvgIpc) is 2.72. The molecule has 1 fully saturated rings. The van der Waals surface area contributed by atoms with E-state index in [1.807, 2.05) is 44.2 Å². The lowest BCUT2D eigenvalue weighted by atomic mass is 10.1. The lowest BCUT2D eigenvalue weighted by Crippen LogP contribution is -2.35. The standard InChI is InChI=1S/C23H28N2O4/c1-16-4-5-17(2)21(14-16)24-22(26)18(3)29-23(27)20-8-6-19(7-9-20)15-25-10-12-28-13-11-25/h4-9,14,18H,10-13,15H2,1-3H3,(H,24,26)/t18-/m1/s1. The Balaban J connectivity index is 1.54. The van der Waals surface area contributed by atoms with Crippen molar-refractivity contribution in [1.82, 2.24) is 4.90 Å². The summed E-state index contributed by atoms with van der Waals surface area (Å²) in [5, 5.41) is 2.83. The molecule has 0 aromatic heterocycles. The molecule has 0 spiro atoms. The van der Waals surface area contributed by atoms with Crippen molar-refractivity contribution >= 4 is 17.6 Å². The SMILES string of the molecule is Cc1ccc(C)c(NC(=O)[C@@H](C)OC(=O)c2ccc(CN3CCOCC3)cc2)c1. The fraction of sp³-hybridized carbons (Fsp3) is 0.391. The van der Waals surface area contributed by atoms with Crippen LogP contribution in [-0.4, -0.2) is 49.2 Å². The summed E-state index contributed by atoms with van der Waals surface area (Å²) in [7, 11) is 0. The van der Waals surface area contributed by atoms with Crippen molar-refractivity contribution in [2.75, 3.05) is 31.6 Å². The maximum absolute atomic E-state index is 12.4. The molecule has 0 aliphatic carbocycles. The summed E-state index contributed by atoms with van der Waals surface area (Å²) < 4.78 is 10.7. The molecular formula is C23H28N2O4. The molecule has 0 saturated carbocycles. The summed E-state index contributed by atoms with van der Waals surface area (Å²) in [6.07, 6.45) is -0.893. The Labute approximate surface area is 171 Å². The number of nitrogens with zero attached hydrogens (tertiary/aromatic N) is 1. The molecule has 1 N–H and O–H groups in total. The Morgan fingerprint density at radius 3 is 2.48 bits per heavy atom. The van der Waals surface area contributed by atoms with Crippen molar-refractivity contribution in [2.45, 2.75) is 33.4 Å². The molecule has 6 heteroatoms. The van der Waals surface area contributed by atoms with Crippen LogP contribution in [0, 0.1) is 13.8 Å². The zero-order valence-corrected chi connectivity index (χ0v) is 17.2. The van der Waals surface area contributed by atoms with Gasteiger partial charge >= 0.3 is 5.97 Å². The van der Waals surface area contributed by atoms with E-state index in [0.29, 0.717) is 5.56 Å². The van der Waals surface area contributed by atoms with Crippen molar-refractivity contribution in [2.24, 2.45) is 0 Å². The number of carbonyl (C=O) groups excluding carboxylic acids is 2. The van der Waals surface area contributed by atoms with Gasteiger partial charge in [-0.1, -0.05) is 24.3 Å². The van der Waals surface area contributed by atoms with Gasteiger partial charge in [-0.15, -0.1) is 0 Å². The zero-order chi connectivity index (χ0) is 20.8. The van der Waals surface area contributed by atoms with Crippen molar-refractivity contribution in [3.05, 3.63) is 64.7 Å². The van der Waals surface area contributed by atoms with E-state index in [1.54, 1.807) is 19.1 Å². The van der Waals surface area contributed by atoms with Gasteiger partial charge in [0.2, 0.25) is 0 Å². The number of ether oxygens (including phenoxy) is 2. The molecule has 1 amide bonds. The molecule has 0 radical (unpaired) electrons. The minimum Gasteiger partial charge on any atom is -0.449 e. The lowest BCUT2D eigenvalue weighted by molar-refractivity contribution is -0.123. The highest BCUT2D eigenvalue weighted by molar-refractivity contribution is 5.97. The van der Waals surface area contributed by atoms with Gasteiger partial charge in [-0.25, -0.2) is 4.79 Å². The Morgan fingerprint density at radius 2 is 1.79 bits per heavy atom. The van der Waals surface area contributed by atoms with Crippen LogP contribution in [0.25, 0.3) is 0 Å². The highest BCUT2D eigenvalue weighted by Crippen LogP contribution is 2.17. The summed E-state index contributed by atoms with van der Waals surface area (Å²) in [6.45, 7) is 9.62. The number of rotatable bonds is 6. The fourth-order valence-corrected chi connectivity index (χ4v) is 3.15. The van der Waals surface area contributed by atoms with Gasteiger partial charge in [-0.2, -0.15) is 0 Å². The molecule has 0 unspecified atom stereocenters. The molecular weight excluding hydrogens is 368 g/mol. The minimum absolute atomic E-state index is 0.351. The van der Waals surface area contributed by atoms with Crippen molar-refractivity contribution in [1.29, 1.82) is 0 Å². The third-order valence-electron chi connectivity index (χ3n) is 5.00. The van der Waals surface area contributed by atoms with E-state index in [0.717, 1.165) is 55.2 Å². The van der Waals surface area contributed by atoms with Crippen LogP contribution < -0.4 is 5.32 Å². The third-order valence-corrected chi connectivity index (χ3v) is 5.00. The van der Waals surface area contributed by atoms with Crippen molar-refractivity contribution < 1.29 is 19.1 Å². The highest BCUT2D eigenvalue weighted by atomic mass is 16.5. The number of amides is 1. The molecule has 1 atom stereocenters. The first-order valence-corrected chi connectivity index (χ1v) is 9.90. The number of morpholine rings is 1. The van der Waals surface area contributed by atoms with Gasteiger partial charge < -0.3 is 14.8 Å². The first kappa shape index (κ1) is 21.0. The van der Waals surface area contributed by atoms with E-state index in [1.165, 1.54) is 0 Å². The van der Waals surface area contributed by atoms with Crippen molar-refractivity contribution in [3.63, 3.8) is 0 Å². The van der Waals surface area contributed by atoms with Gasteiger partial charge in [-0.05, 0) is 55.7 Å². The molecule has 1 aliphatic heterocycles. The lowest BCUT2D eigenvalue weighted by Gasteiger charge is -2.26. The number of carbonyl (C=O) groups is 2. The van der Waals surface area contributed by atoms with E-state index in [9.17, 15) is 9.59 Å². The molecule has 154 valence electrons. The topological polar surface area (TPSA) is 67.9 Å². The number of anilines is 1. The molecule has 1 aliphatic rings. The van der Waals surface area contributed by atoms with Crippen LogP contribution >= 0.6 is 0 Å². The smallest absolute Gasteiger partial charge is 0.338 e. The number of esters is 1. The number of nitrogens with one attached hydrogen (secondary N) is 1. The Bertz CT molecular complexity index is 858. The summed E-state index contributed by atoms with van der Waals surface area (Å²) >= 11 is 0. The normalized spacial score (nSPS) is 15.6. The summed E-state index contributed by atoms with van der Waals surface area (Å²) in [6, 6.07) is 13.2. The molecule has 29 heavy (non-hydrogen) atoms. The Morgan fingerprint density at radius 1 is 1.10 bits per heavy atom. The third kappa shape index (κ3) is 5.89. The van der Waals surface area contributed by atoms with E-state index in [-0.39, 0.29) is 5.91 Å². The molecule has 2 aromatic rings. The first-order valence-electron chi connectivity index (χ1n) is 9.90. The van der Waals surface area contributed by atoms with Crippen LogP contribution in [-0.2, 0) is 20.8 Å². The maximum Gasteiger partial charge on any atom is 0.338 e. The van der Waals surface area contributed by atoms with Crippen LogP contribution in [0.1, 0.15) is 34.0 Å². The van der Waals surface area contributed by atoms with Gasteiger partial charge in [0, 0.05) is 25.3 Å². The van der Waals surface area contributed by atoms with Crippen LogP contribution in [0.4, 0.5) is 5.69 Å². The van der Waals surface area contributed by atoms with Gasteiger partial charge in [0.15, 0.2) is 6.10 Å². The fourth-order valence-electron chi connectivity index (χ4n) is 3.15. The Hall–Kier alpha value is -2.70. The molecule has 2 aromatic carbocycles. The van der Waals surface area contributed by atoms with Gasteiger partial charge in [0.1, 0.15) is 0 Å². The second kappa shape index (κ2) is 9.67. The first-order chi connectivity index (χ1) is 13.9. The zero-order valence-electron chi connectivity index (χ0n) is 17.2. The molecule has 3 rings (SSSR count). The summed E-state index contributed by atoms with van der Waals surface area (Å²) in [5.74, 6) is -0.859. The molecule has 1 saturated heterocycles. The monoisotopic (exact) mass is 396 g/mol. The second-order valence-electron chi connectivity index (χ2n) is 7.44. The van der Waals surface area contributed by atoms with Crippen molar-refractivity contribution in [3.8, 4) is 0 Å². The number of hydrogen-bond acceptors (Lipinski definition) is 5.